The molecule has 0 aliphatic heterocycles. The fourth-order valence-electron chi connectivity index (χ4n) is 3.06. The number of fused-ring (bicyclic) bond motifs is 1. The van der Waals surface area contributed by atoms with Gasteiger partial charge in [-0.25, -0.2) is 4.68 Å². The van der Waals surface area contributed by atoms with Crippen LogP contribution in [0.5, 0.6) is 0 Å². The molecule has 1 heterocycles. The van der Waals surface area contributed by atoms with E-state index in [9.17, 15) is 9.59 Å². The van der Waals surface area contributed by atoms with Gasteiger partial charge in [-0.1, -0.05) is 48.0 Å². The summed E-state index contributed by atoms with van der Waals surface area (Å²) in [6.07, 6.45) is 0. The number of nitrogens with one attached hydrogen (secondary N) is 1. The number of nitrogens with zero attached hydrogens (tertiary/aromatic N) is 3. The van der Waals surface area contributed by atoms with Gasteiger partial charge in [0.05, 0.1) is 11.4 Å². The van der Waals surface area contributed by atoms with Crippen molar-refractivity contribution >= 4 is 28.3 Å². The molecule has 1 amide bonds. The number of aromatic nitrogens is 2. The van der Waals surface area contributed by atoms with Gasteiger partial charge in [0, 0.05) is 24.0 Å². The number of aryl methyl sites for hydroxylation is 1. The van der Waals surface area contributed by atoms with Crippen molar-refractivity contribution in [3.63, 3.8) is 0 Å². The molecule has 140 valence electrons. The van der Waals surface area contributed by atoms with Crippen LogP contribution in [0.3, 0.4) is 0 Å². The number of carbonyl (C=O) groups excluding carboxylic acids is 1. The third kappa shape index (κ3) is 3.86. The molecule has 27 heavy (non-hydrogen) atoms. The fourth-order valence-corrected chi connectivity index (χ4v) is 3.32. The molecule has 0 aliphatic rings. The first-order chi connectivity index (χ1) is 12.9. The first kappa shape index (κ1) is 19.1. The van der Waals surface area contributed by atoms with Crippen molar-refractivity contribution < 1.29 is 4.79 Å². The molecular formula is C20H21ClN4O2. The summed E-state index contributed by atoms with van der Waals surface area (Å²) in [6.45, 7) is 0.356. The topological polar surface area (TPSA) is 67.2 Å². The molecule has 7 heteroatoms. The van der Waals surface area contributed by atoms with Gasteiger partial charge in [-0.05, 0) is 31.8 Å². The average molecular weight is 385 g/mol. The number of carbonyl (C=O) groups is 1. The minimum atomic E-state index is -0.333. The number of halogens is 1. The number of hydrogen-bond donors (Lipinski definition) is 1. The van der Waals surface area contributed by atoms with Gasteiger partial charge in [-0.3, -0.25) is 9.59 Å². The molecule has 6 nitrogen and oxygen atoms in total. The van der Waals surface area contributed by atoms with Crippen LogP contribution in [0.2, 0.25) is 5.02 Å². The second-order valence-corrected chi connectivity index (χ2v) is 6.94. The van der Waals surface area contributed by atoms with E-state index in [1.165, 1.54) is 11.7 Å². The molecule has 3 aromatic rings. The summed E-state index contributed by atoms with van der Waals surface area (Å²) >= 11 is 6.32. The Morgan fingerprint density at radius 3 is 2.44 bits per heavy atom. The van der Waals surface area contributed by atoms with Gasteiger partial charge in [-0.15, -0.1) is 0 Å². The molecule has 0 radical (unpaired) electrons. The summed E-state index contributed by atoms with van der Waals surface area (Å²) < 4.78 is 1.19. The van der Waals surface area contributed by atoms with Gasteiger partial charge in [0.15, 0.2) is 5.69 Å². The average Bonchev–Trinajstić information content (AvgIpc) is 2.65. The highest BCUT2D eigenvalue weighted by Crippen LogP contribution is 2.25. The van der Waals surface area contributed by atoms with E-state index in [0.717, 1.165) is 5.56 Å². The van der Waals surface area contributed by atoms with Crippen molar-refractivity contribution in [2.45, 2.75) is 6.04 Å². The Morgan fingerprint density at radius 1 is 1.15 bits per heavy atom. The molecule has 0 fully saturated rings. The Hall–Kier alpha value is -2.70. The maximum atomic E-state index is 12.8. The fraction of sp³-hybridized carbons (Fsp3) is 0.250. The zero-order valence-corrected chi connectivity index (χ0v) is 16.2. The Balaban J connectivity index is 1.90. The van der Waals surface area contributed by atoms with Crippen molar-refractivity contribution in [2.75, 3.05) is 20.6 Å². The standard InChI is InChI=1S/C20H21ClN4O2/c1-24(2)17(15-10-6-7-11-16(15)21)12-22-19(26)18-13-8-4-5-9-14(13)20(27)25(3)23-18/h4-11,17H,12H2,1-3H3,(H,22,26). The van der Waals surface area contributed by atoms with Crippen LogP contribution in [0, 0.1) is 0 Å². The van der Waals surface area contributed by atoms with E-state index in [1.807, 2.05) is 43.3 Å². The van der Waals surface area contributed by atoms with Gasteiger partial charge in [-0.2, -0.15) is 5.10 Å². The molecule has 0 saturated heterocycles. The lowest BCUT2D eigenvalue weighted by molar-refractivity contribution is 0.0936. The van der Waals surface area contributed by atoms with Crippen molar-refractivity contribution in [3.05, 3.63) is 75.2 Å². The first-order valence-corrected chi connectivity index (χ1v) is 8.93. The van der Waals surface area contributed by atoms with Gasteiger partial charge in [0.2, 0.25) is 0 Å². The summed E-state index contributed by atoms with van der Waals surface area (Å²) in [5, 5.41) is 8.75. The zero-order chi connectivity index (χ0) is 19.6. The predicted octanol–water partition coefficient (Wildman–Crippen LogP) is 2.62. The summed E-state index contributed by atoms with van der Waals surface area (Å²) in [4.78, 5) is 27.0. The SMILES string of the molecule is CN(C)C(CNC(=O)c1nn(C)c(=O)c2ccccc12)c1ccccc1Cl. The maximum absolute atomic E-state index is 12.8. The van der Waals surface area contributed by atoms with E-state index in [2.05, 4.69) is 10.4 Å². The van der Waals surface area contributed by atoms with Crippen LogP contribution in [0.1, 0.15) is 22.1 Å². The van der Waals surface area contributed by atoms with Crippen LogP contribution in [-0.2, 0) is 7.05 Å². The predicted molar refractivity (Wildman–Crippen MR) is 107 cm³/mol. The van der Waals surface area contributed by atoms with Crippen LogP contribution in [0.15, 0.2) is 53.3 Å². The largest absolute Gasteiger partial charge is 0.349 e. The van der Waals surface area contributed by atoms with Crippen molar-refractivity contribution in [1.29, 1.82) is 0 Å². The molecule has 3 rings (SSSR count). The van der Waals surface area contributed by atoms with Crippen LogP contribution < -0.4 is 10.9 Å². The van der Waals surface area contributed by atoms with Gasteiger partial charge < -0.3 is 10.2 Å². The number of benzene rings is 2. The molecule has 2 aromatic carbocycles. The Labute approximate surface area is 162 Å². The third-order valence-corrected chi connectivity index (χ3v) is 4.86. The number of hydrogen-bond acceptors (Lipinski definition) is 4. The molecule has 0 saturated carbocycles. The van der Waals surface area contributed by atoms with E-state index in [-0.39, 0.29) is 23.2 Å². The molecule has 1 aromatic heterocycles. The molecule has 0 bridgehead atoms. The van der Waals surface area contributed by atoms with Gasteiger partial charge in [0.1, 0.15) is 0 Å². The number of amides is 1. The third-order valence-electron chi connectivity index (χ3n) is 4.52. The molecule has 1 N–H and O–H groups in total. The van der Waals surface area contributed by atoms with Gasteiger partial charge >= 0.3 is 0 Å². The van der Waals surface area contributed by atoms with E-state index in [4.69, 9.17) is 11.6 Å². The highest BCUT2D eigenvalue weighted by Gasteiger charge is 2.20. The number of rotatable bonds is 5. The first-order valence-electron chi connectivity index (χ1n) is 8.55. The molecular weight excluding hydrogens is 364 g/mol. The van der Waals surface area contributed by atoms with Crippen LogP contribution in [-0.4, -0.2) is 41.2 Å². The van der Waals surface area contributed by atoms with E-state index >= 15 is 0 Å². The van der Waals surface area contributed by atoms with Crippen molar-refractivity contribution in [2.24, 2.45) is 7.05 Å². The van der Waals surface area contributed by atoms with E-state index in [0.29, 0.717) is 22.3 Å². The van der Waals surface area contributed by atoms with E-state index in [1.54, 1.807) is 24.3 Å². The van der Waals surface area contributed by atoms with Crippen LogP contribution in [0.4, 0.5) is 0 Å². The minimum absolute atomic E-state index is 0.0959. The van der Waals surface area contributed by atoms with Crippen molar-refractivity contribution in [3.8, 4) is 0 Å². The lowest BCUT2D eigenvalue weighted by Gasteiger charge is -2.26. The molecule has 0 aliphatic carbocycles. The lowest BCUT2D eigenvalue weighted by atomic mass is 10.1. The molecule has 0 spiro atoms. The van der Waals surface area contributed by atoms with E-state index < -0.39 is 0 Å². The lowest BCUT2D eigenvalue weighted by Crippen LogP contribution is -2.36. The van der Waals surface area contributed by atoms with Crippen LogP contribution in [0.25, 0.3) is 10.8 Å². The van der Waals surface area contributed by atoms with Gasteiger partial charge in [0.25, 0.3) is 11.5 Å². The molecule has 1 atom stereocenters. The highest BCUT2D eigenvalue weighted by atomic mass is 35.5. The normalized spacial score (nSPS) is 12.3. The second-order valence-electron chi connectivity index (χ2n) is 6.53. The Kier molecular flexibility index (Phi) is 5.58. The molecule has 1 unspecified atom stereocenters. The Morgan fingerprint density at radius 2 is 1.78 bits per heavy atom. The summed E-state index contributed by atoms with van der Waals surface area (Å²) in [5.74, 6) is -0.333. The summed E-state index contributed by atoms with van der Waals surface area (Å²) in [5.41, 5.74) is 0.927. The minimum Gasteiger partial charge on any atom is -0.349 e. The maximum Gasteiger partial charge on any atom is 0.274 e. The number of likely N-dealkylation sites (N-methyl/N-ethyl adjacent to an activating group) is 1. The van der Waals surface area contributed by atoms with Crippen LogP contribution >= 0.6 is 11.6 Å². The smallest absolute Gasteiger partial charge is 0.274 e. The quantitative estimate of drug-likeness (QED) is 0.734. The highest BCUT2D eigenvalue weighted by molar-refractivity contribution is 6.31. The second kappa shape index (κ2) is 7.90. The van der Waals surface area contributed by atoms with Crippen molar-refractivity contribution in [1.82, 2.24) is 20.0 Å². The monoisotopic (exact) mass is 384 g/mol. The summed E-state index contributed by atoms with van der Waals surface area (Å²) in [7, 11) is 5.40. The summed E-state index contributed by atoms with van der Waals surface area (Å²) in [6, 6.07) is 14.5. The zero-order valence-electron chi connectivity index (χ0n) is 15.4. The Bertz CT molecular complexity index is 1050.